The Bertz CT molecular complexity index is 438. The molecule has 1 aromatic carbocycles. The molecular formula is C13H20N4OS. The molecule has 0 heterocycles. The summed E-state index contributed by atoms with van der Waals surface area (Å²) in [6.45, 7) is 4.63. The van der Waals surface area contributed by atoms with Crippen molar-refractivity contribution in [2.24, 2.45) is 5.73 Å². The van der Waals surface area contributed by atoms with Crippen LogP contribution in [-0.2, 0) is 6.42 Å². The minimum absolute atomic E-state index is 0.191. The van der Waals surface area contributed by atoms with Gasteiger partial charge in [0.1, 0.15) is 5.75 Å². The maximum absolute atomic E-state index is 7.17. The average Bonchev–Trinajstić information content (AvgIpc) is 2.32. The van der Waals surface area contributed by atoms with Gasteiger partial charge in [-0.1, -0.05) is 25.5 Å². The number of aryl methyl sites for hydroxylation is 1. The summed E-state index contributed by atoms with van der Waals surface area (Å²) in [4.78, 5) is 0. The number of nitrogens with one attached hydrogen (secondary N) is 3. The zero-order valence-electron chi connectivity index (χ0n) is 11.2. The number of hydrogen-bond donors (Lipinski definition) is 4. The van der Waals surface area contributed by atoms with Gasteiger partial charge < -0.3 is 21.1 Å². The quantitative estimate of drug-likeness (QED) is 0.378. The maximum Gasteiger partial charge on any atom is 0.192 e. The topological polar surface area (TPSA) is 83.2 Å². The van der Waals surface area contributed by atoms with Crippen LogP contribution in [-0.4, -0.2) is 17.7 Å². The van der Waals surface area contributed by atoms with Crippen LogP contribution < -0.4 is 21.1 Å². The number of benzene rings is 1. The predicted octanol–water partition coefficient (Wildman–Crippen LogP) is 2.22. The third kappa shape index (κ3) is 4.75. The summed E-state index contributed by atoms with van der Waals surface area (Å²) in [6, 6.07) is 5.88. The van der Waals surface area contributed by atoms with Crippen LogP contribution in [0.3, 0.4) is 0 Å². The number of anilines is 1. The second-order valence-electron chi connectivity index (χ2n) is 3.97. The van der Waals surface area contributed by atoms with Gasteiger partial charge in [-0.25, -0.2) is 0 Å². The molecule has 0 saturated heterocycles. The first-order chi connectivity index (χ1) is 9.08. The SMILES string of the molecule is CCCc1cccc(OCC)c1NC(=S)NC(=N)N. The Kier molecular flexibility index (Phi) is 6.08. The van der Waals surface area contributed by atoms with Crippen molar-refractivity contribution < 1.29 is 4.74 Å². The van der Waals surface area contributed by atoms with Crippen molar-refractivity contribution in [2.45, 2.75) is 26.7 Å². The van der Waals surface area contributed by atoms with E-state index in [9.17, 15) is 0 Å². The number of ether oxygens (including phenoxy) is 1. The van der Waals surface area contributed by atoms with Crippen LogP contribution in [0.25, 0.3) is 0 Å². The Morgan fingerprint density at radius 2 is 2.16 bits per heavy atom. The van der Waals surface area contributed by atoms with Crippen LogP contribution in [0.5, 0.6) is 5.75 Å². The Labute approximate surface area is 119 Å². The van der Waals surface area contributed by atoms with Gasteiger partial charge in [-0.2, -0.15) is 0 Å². The summed E-state index contributed by atoms with van der Waals surface area (Å²) >= 11 is 5.10. The van der Waals surface area contributed by atoms with E-state index in [1.807, 2.05) is 25.1 Å². The molecular weight excluding hydrogens is 260 g/mol. The first-order valence-electron chi connectivity index (χ1n) is 6.25. The summed E-state index contributed by atoms with van der Waals surface area (Å²) in [7, 11) is 0. The molecule has 0 aliphatic heterocycles. The van der Waals surface area contributed by atoms with E-state index in [-0.39, 0.29) is 11.1 Å². The number of thiocarbonyl (C=S) groups is 1. The van der Waals surface area contributed by atoms with E-state index in [0.717, 1.165) is 29.8 Å². The van der Waals surface area contributed by atoms with Gasteiger partial charge >= 0.3 is 0 Å². The highest BCUT2D eigenvalue weighted by Gasteiger charge is 2.10. The fourth-order valence-electron chi connectivity index (χ4n) is 1.74. The van der Waals surface area contributed by atoms with E-state index in [1.165, 1.54) is 0 Å². The predicted molar refractivity (Wildman–Crippen MR) is 82.9 cm³/mol. The monoisotopic (exact) mass is 280 g/mol. The molecule has 0 amide bonds. The lowest BCUT2D eigenvalue weighted by Gasteiger charge is -2.17. The van der Waals surface area contributed by atoms with Crippen molar-refractivity contribution in [3.8, 4) is 5.75 Å². The molecule has 0 spiro atoms. The highest BCUT2D eigenvalue weighted by atomic mass is 32.1. The van der Waals surface area contributed by atoms with E-state index in [4.69, 9.17) is 28.1 Å². The Morgan fingerprint density at radius 3 is 2.74 bits per heavy atom. The van der Waals surface area contributed by atoms with Crippen LogP contribution in [0.15, 0.2) is 18.2 Å². The normalized spacial score (nSPS) is 9.79. The molecule has 19 heavy (non-hydrogen) atoms. The third-order valence-electron chi connectivity index (χ3n) is 2.42. The van der Waals surface area contributed by atoms with Crippen LogP contribution in [0.2, 0.25) is 0 Å². The molecule has 0 aliphatic carbocycles. The summed E-state index contributed by atoms with van der Waals surface area (Å²) < 4.78 is 5.60. The lowest BCUT2D eigenvalue weighted by molar-refractivity contribution is 0.341. The molecule has 1 rings (SSSR count). The minimum Gasteiger partial charge on any atom is -0.492 e. The van der Waals surface area contributed by atoms with Gasteiger partial charge in [-0.05, 0) is 37.2 Å². The van der Waals surface area contributed by atoms with Crippen LogP contribution in [0.1, 0.15) is 25.8 Å². The molecule has 1 aromatic rings. The highest BCUT2D eigenvalue weighted by molar-refractivity contribution is 7.80. The largest absolute Gasteiger partial charge is 0.492 e. The molecule has 0 fully saturated rings. The molecule has 104 valence electrons. The van der Waals surface area contributed by atoms with Gasteiger partial charge in [-0.3, -0.25) is 5.41 Å². The summed E-state index contributed by atoms with van der Waals surface area (Å²) in [6.07, 6.45) is 1.95. The van der Waals surface area contributed by atoms with E-state index >= 15 is 0 Å². The number of guanidine groups is 1. The van der Waals surface area contributed by atoms with Gasteiger partial charge in [0, 0.05) is 0 Å². The van der Waals surface area contributed by atoms with Crippen LogP contribution in [0.4, 0.5) is 5.69 Å². The van der Waals surface area contributed by atoms with E-state index in [0.29, 0.717) is 6.61 Å². The first kappa shape index (κ1) is 15.2. The van der Waals surface area contributed by atoms with Gasteiger partial charge in [0.05, 0.1) is 12.3 Å². The Balaban J connectivity index is 2.99. The molecule has 0 radical (unpaired) electrons. The molecule has 0 atom stereocenters. The second-order valence-corrected chi connectivity index (χ2v) is 4.37. The summed E-state index contributed by atoms with van der Waals surface area (Å²) in [5.41, 5.74) is 7.22. The molecule has 0 aliphatic rings. The van der Waals surface area contributed by atoms with Gasteiger partial charge in [-0.15, -0.1) is 0 Å². The van der Waals surface area contributed by atoms with Gasteiger partial charge in [0.15, 0.2) is 11.1 Å². The van der Waals surface area contributed by atoms with Crippen molar-refractivity contribution in [1.29, 1.82) is 5.41 Å². The zero-order chi connectivity index (χ0) is 14.3. The number of rotatable bonds is 5. The first-order valence-corrected chi connectivity index (χ1v) is 6.66. The highest BCUT2D eigenvalue weighted by Crippen LogP contribution is 2.29. The lowest BCUT2D eigenvalue weighted by Crippen LogP contribution is -2.38. The van der Waals surface area contributed by atoms with Crippen molar-refractivity contribution in [2.75, 3.05) is 11.9 Å². The molecule has 0 unspecified atom stereocenters. The maximum atomic E-state index is 7.17. The molecule has 0 saturated carbocycles. The fraction of sp³-hybridized carbons (Fsp3) is 0.385. The van der Waals surface area contributed by atoms with Gasteiger partial charge in [0.2, 0.25) is 0 Å². The smallest absolute Gasteiger partial charge is 0.192 e. The van der Waals surface area contributed by atoms with Crippen molar-refractivity contribution >= 4 is 29.0 Å². The molecule has 0 bridgehead atoms. The number of hydrogen-bond acceptors (Lipinski definition) is 3. The fourth-order valence-corrected chi connectivity index (χ4v) is 1.95. The Morgan fingerprint density at radius 1 is 1.42 bits per heavy atom. The number of nitrogens with two attached hydrogens (primary N) is 1. The van der Waals surface area contributed by atoms with Crippen molar-refractivity contribution in [3.05, 3.63) is 23.8 Å². The van der Waals surface area contributed by atoms with E-state index in [1.54, 1.807) is 0 Å². The standard InChI is InChI=1S/C13H20N4OS/c1-3-6-9-7-5-8-10(18-4-2)11(9)16-13(19)17-12(14)15/h5,7-8H,3-4,6H2,1-2H3,(H5,14,15,16,17,19). The Hall–Kier alpha value is -1.82. The molecule has 6 heteroatoms. The summed E-state index contributed by atoms with van der Waals surface area (Å²) in [5.74, 6) is 0.560. The average molecular weight is 280 g/mol. The third-order valence-corrected chi connectivity index (χ3v) is 2.62. The van der Waals surface area contributed by atoms with Crippen LogP contribution in [0, 0.1) is 5.41 Å². The van der Waals surface area contributed by atoms with E-state index < -0.39 is 0 Å². The summed E-state index contributed by atoms with van der Waals surface area (Å²) in [5, 5.41) is 13.1. The van der Waals surface area contributed by atoms with Gasteiger partial charge in [0.25, 0.3) is 0 Å². The lowest BCUT2D eigenvalue weighted by atomic mass is 10.1. The van der Waals surface area contributed by atoms with Crippen molar-refractivity contribution in [3.63, 3.8) is 0 Å². The van der Waals surface area contributed by atoms with Crippen LogP contribution >= 0.6 is 12.2 Å². The molecule has 5 N–H and O–H groups in total. The zero-order valence-corrected chi connectivity index (χ0v) is 12.1. The number of para-hydroxylation sites is 1. The molecule has 5 nitrogen and oxygen atoms in total. The van der Waals surface area contributed by atoms with Crippen molar-refractivity contribution in [1.82, 2.24) is 5.32 Å². The molecule has 0 aromatic heterocycles. The second kappa shape index (κ2) is 7.58. The van der Waals surface area contributed by atoms with E-state index in [2.05, 4.69) is 17.6 Å². The minimum atomic E-state index is -0.191.